The van der Waals surface area contributed by atoms with Crippen molar-refractivity contribution in [2.45, 2.75) is 146 Å². The molecule has 0 amide bonds. The topological polar surface area (TPSA) is 349 Å². The van der Waals surface area contributed by atoms with Crippen LogP contribution in [0, 0.1) is 47.4 Å². The van der Waals surface area contributed by atoms with Gasteiger partial charge in [0, 0.05) is 22.3 Å². The summed E-state index contributed by atoms with van der Waals surface area (Å²) in [6.45, 7) is 1.79. The van der Waals surface area contributed by atoms with Gasteiger partial charge in [-0.2, -0.15) is 13.5 Å². The average molecular weight is 999 g/mol. The van der Waals surface area contributed by atoms with E-state index in [4.69, 9.17) is 18.5 Å². The lowest BCUT2D eigenvalue weighted by atomic mass is 9.85. The van der Waals surface area contributed by atoms with Crippen LogP contribution in [0.4, 0.5) is 0 Å². The van der Waals surface area contributed by atoms with E-state index in [-0.39, 0.29) is 29.9 Å². The average Bonchev–Trinajstić information content (AvgIpc) is 3.14. The molecule has 0 heterocycles. The molecule has 0 saturated heterocycles. The predicted molar refractivity (Wildman–Crippen MR) is 237 cm³/mol. The van der Waals surface area contributed by atoms with Gasteiger partial charge in [-0.05, 0) is 48.9 Å². The zero-order chi connectivity index (χ0) is 46.1. The lowest BCUT2D eigenvalue weighted by Crippen LogP contribution is -2.65. The summed E-state index contributed by atoms with van der Waals surface area (Å²) in [6.07, 6.45) is -4.79. The number of esters is 2. The Kier molecular flexibility index (Phi) is 29.9. The van der Waals surface area contributed by atoms with Gasteiger partial charge < -0.3 is 53.9 Å². The summed E-state index contributed by atoms with van der Waals surface area (Å²) in [6, 6.07) is 0. The molecule has 0 bridgehead atoms. The van der Waals surface area contributed by atoms with E-state index >= 15 is 0 Å². The Balaban J connectivity index is -0.000000775. The number of aliphatic hydroxyl groups is 2. The first-order chi connectivity index (χ1) is 28.5. The second-order valence-corrected chi connectivity index (χ2v) is 18.3. The molecule has 5 unspecified atom stereocenters. The van der Waals surface area contributed by atoms with E-state index in [9.17, 15) is 72.3 Å². The molecule has 0 aromatic heterocycles. The summed E-state index contributed by atoms with van der Waals surface area (Å²) in [7, 11) is -23.1. The Hall–Kier alpha value is -2.11. The van der Waals surface area contributed by atoms with Crippen molar-refractivity contribution in [3.63, 3.8) is 0 Å². The maximum atomic E-state index is 13.1. The van der Waals surface area contributed by atoms with Crippen LogP contribution in [-0.2, 0) is 59.9 Å². The van der Waals surface area contributed by atoms with Crippen LogP contribution in [-0.4, -0.2) is 112 Å². The molecular formula is C35H70O22P4S. The van der Waals surface area contributed by atoms with Gasteiger partial charge in [-0.1, -0.05) is 89.9 Å². The van der Waals surface area contributed by atoms with Crippen molar-refractivity contribution in [2.24, 2.45) is 0 Å². The molecule has 62 heavy (non-hydrogen) atoms. The summed E-state index contributed by atoms with van der Waals surface area (Å²) >= 11 is 0. The molecule has 0 radical (unpaired) electrons. The molecule has 1 aliphatic rings. The van der Waals surface area contributed by atoms with E-state index in [2.05, 4.69) is 61.9 Å². The first kappa shape index (κ1) is 59.9. The first-order valence-electron chi connectivity index (χ1n) is 19.0. The molecule has 0 spiro atoms. The normalized spacial score (nSPS) is 21.3. The highest BCUT2D eigenvalue weighted by Crippen LogP contribution is 2.53. The van der Waals surface area contributed by atoms with Gasteiger partial charge in [-0.3, -0.25) is 27.4 Å². The van der Waals surface area contributed by atoms with E-state index in [1.54, 1.807) is 6.92 Å². The number of hydrogen-bond acceptors (Lipinski definition) is 15. The number of ether oxygens (including phenoxy) is 2. The van der Waals surface area contributed by atoms with Crippen LogP contribution >= 0.6 is 44.8 Å². The van der Waals surface area contributed by atoms with Gasteiger partial charge in [0.15, 0.2) is 6.10 Å². The van der Waals surface area contributed by atoms with Gasteiger partial charge in [0.2, 0.25) is 0 Å². The molecule has 27 heteroatoms. The second-order valence-electron chi connectivity index (χ2n) is 13.3. The molecule has 1 rings (SSSR count). The van der Waals surface area contributed by atoms with E-state index in [0.29, 0.717) is 12.8 Å². The number of phosphoric acid groups is 4. The zero-order valence-electron chi connectivity index (χ0n) is 34.0. The monoisotopic (exact) mass is 998 g/mol. The summed E-state index contributed by atoms with van der Waals surface area (Å²) in [5.41, 5.74) is 0. The third-order valence-corrected chi connectivity index (χ3v) is 10.8. The number of phosphoric ester groups is 4. The maximum absolute atomic E-state index is 13.1. The zero-order valence-corrected chi connectivity index (χ0v) is 38.6. The fourth-order valence-corrected chi connectivity index (χ4v) is 8.25. The van der Waals surface area contributed by atoms with E-state index in [1.807, 2.05) is 5.92 Å². The number of aliphatic hydroxyl groups excluding tert-OH is 2. The Morgan fingerprint density at radius 1 is 0.581 bits per heavy atom. The Morgan fingerprint density at radius 2 is 1.00 bits per heavy atom. The van der Waals surface area contributed by atoms with Crippen LogP contribution in [0.15, 0.2) is 0 Å². The number of unbranched alkanes of at least 4 members (excludes halogenated alkanes) is 12. The molecule has 1 saturated carbocycles. The van der Waals surface area contributed by atoms with E-state index in [1.165, 1.54) is 38.5 Å². The highest BCUT2D eigenvalue weighted by atomic mass is 32.1. The van der Waals surface area contributed by atoms with Gasteiger partial charge in [0.1, 0.15) is 43.2 Å². The van der Waals surface area contributed by atoms with Crippen molar-refractivity contribution in [3.05, 3.63) is 0 Å². The van der Waals surface area contributed by atoms with Crippen molar-refractivity contribution in [2.75, 3.05) is 13.2 Å². The lowest BCUT2D eigenvalue weighted by molar-refractivity contribution is -0.209. The van der Waals surface area contributed by atoms with Crippen LogP contribution in [0.1, 0.15) is 114 Å². The van der Waals surface area contributed by atoms with Crippen molar-refractivity contribution < 1.29 is 114 Å². The highest BCUT2D eigenvalue weighted by Gasteiger charge is 2.59. The summed E-state index contributed by atoms with van der Waals surface area (Å²) in [4.78, 5) is 91.6. The number of rotatable bonds is 28. The molecule has 368 valence electrons. The minimum absolute atomic E-state index is 0. The Bertz CT molecular complexity index is 1830. The first-order valence-corrected chi connectivity index (χ1v) is 25.1. The van der Waals surface area contributed by atoms with E-state index in [0.717, 1.165) is 32.1 Å². The van der Waals surface area contributed by atoms with Crippen LogP contribution < -0.4 is 0 Å². The van der Waals surface area contributed by atoms with E-state index < -0.39 is 99.2 Å². The van der Waals surface area contributed by atoms with Crippen molar-refractivity contribution in [1.29, 1.82) is 0 Å². The summed E-state index contributed by atoms with van der Waals surface area (Å²) < 4.78 is 80.9. The summed E-state index contributed by atoms with van der Waals surface area (Å²) in [5, 5.41) is 21.7. The SMILES string of the molecule is CC#CC#CC#CC#CC(=O)OC[C@H](COP(=O)(O)OC1C(O)[C@@H](OP(=O)(O)O)C(OP(=O)(O)O)[C@@H](OP(=O)(O)O)C1O)OC(=O)CCCCCCCCCCCCCCC.S.[HH].[HH].[HH].[HH].[HH].[HH].[HH]. The smallest absolute Gasteiger partial charge is 0.456 e. The quantitative estimate of drug-likeness (QED) is 0.0172. The van der Waals surface area contributed by atoms with Gasteiger partial charge >= 0.3 is 43.2 Å². The third-order valence-electron chi connectivity index (χ3n) is 8.23. The standard InChI is InChI=1S/C35H54O22P4.H2S.7H2/c1-3-5-7-9-11-12-13-14-15-16-18-20-22-24-29(37)53-27(25-51-28(36)23-21-19-17-10-8-6-4-2)26-52-61(49,50)57-32-30(38)33(54-58(40,41)42)35(56-60(46,47)48)34(31(32)39)55-59(43,44)45;;;;;;;;/h27,30-35,38-39H,3,5,7,9,11-16,18,20,22,24-26H2,1-2H3,(H,49,50)(H2,40,41,42)(H2,43,44,45)(H2,46,47,48);1H2;7*1H/t27-,30?,31?,32?,33-,34+,35?;;;;;;;;/m1......../s1. The number of carbonyl (C=O) groups excluding carboxylic acids is 2. The van der Waals surface area contributed by atoms with Crippen LogP contribution in [0.25, 0.3) is 0 Å². The Morgan fingerprint density at radius 3 is 1.45 bits per heavy atom. The highest BCUT2D eigenvalue weighted by molar-refractivity contribution is 7.59. The third kappa shape index (κ3) is 28.6. The number of hydrogen-bond donors (Lipinski definition) is 9. The van der Waals surface area contributed by atoms with Gasteiger partial charge in [0.25, 0.3) is 0 Å². The molecule has 0 aliphatic heterocycles. The van der Waals surface area contributed by atoms with Crippen molar-refractivity contribution >= 4 is 56.7 Å². The van der Waals surface area contributed by atoms with Crippen LogP contribution in [0.3, 0.4) is 0 Å². The molecule has 0 aromatic rings. The fourth-order valence-electron chi connectivity index (χ4n) is 5.60. The molecule has 1 fully saturated rings. The van der Waals surface area contributed by atoms with Gasteiger partial charge in [-0.25, -0.2) is 23.1 Å². The fraction of sp³-hybridized carbons (Fsp3) is 0.714. The molecular weight excluding hydrogens is 928 g/mol. The van der Waals surface area contributed by atoms with Crippen LogP contribution in [0.2, 0.25) is 0 Å². The molecule has 8 atom stereocenters. The number of carbonyl (C=O) groups is 2. The molecule has 1 aliphatic carbocycles. The van der Waals surface area contributed by atoms with Gasteiger partial charge in [0.05, 0.1) is 6.61 Å². The van der Waals surface area contributed by atoms with Crippen LogP contribution in [0.5, 0.6) is 0 Å². The summed E-state index contributed by atoms with van der Waals surface area (Å²) in [5.74, 6) is 16.4. The largest absolute Gasteiger partial charge is 0.472 e. The van der Waals surface area contributed by atoms with Crippen molar-refractivity contribution in [3.8, 4) is 47.4 Å². The molecule has 9 N–H and O–H groups in total. The molecule has 0 aromatic carbocycles. The Labute approximate surface area is 377 Å². The minimum Gasteiger partial charge on any atom is -0.456 e. The van der Waals surface area contributed by atoms with Crippen molar-refractivity contribution in [1.82, 2.24) is 0 Å². The van der Waals surface area contributed by atoms with Gasteiger partial charge in [-0.15, -0.1) is 0 Å². The lowest BCUT2D eigenvalue weighted by Gasteiger charge is -2.45. The predicted octanol–water partition coefficient (Wildman–Crippen LogP) is 4.46. The second kappa shape index (κ2) is 30.9. The maximum Gasteiger partial charge on any atom is 0.472 e. The molecule has 22 nitrogen and oxygen atoms in total. The minimum atomic E-state index is -5.80.